The number of esters is 1. The maximum atomic E-state index is 12.7. The molecule has 1 amide bonds. The predicted octanol–water partition coefficient (Wildman–Crippen LogP) is 3.59. The Morgan fingerprint density at radius 1 is 1.15 bits per heavy atom. The molecule has 1 N–H and O–H groups in total. The van der Waals surface area contributed by atoms with E-state index >= 15 is 0 Å². The number of ether oxygens (including phenoxy) is 1. The molecule has 1 aliphatic rings. The molecule has 3 rings (SSSR count). The summed E-state index contributed by atoms with van der Waals surface area (Å²) in [5, 5.41) is 3.49. The first-order chi connectivity index (χ1) is 13.0. The van der Waals surface area contributed by atoms with Gasteiger partial charge in [0.25, 0.3) is 5.91 Å². The number of nitrogens with zero attached hydrogens (tertiary/aromatic N) is 3. The summed E-state index contributed by atoms with van der Waals surface area (Å²) in [6, 6.07) is 6.36. The number of benzene rings is 1. The number of aromatic nitrogens is 2. The average Bonchev–Trinajstić information content (AvgIpc) is 2.68. The van der Waals surface area contributed by atoms with Crippen LogP contribution in [0.4, 0.5) is 11.5 Å². The Labute approximate surface area is 162 Å². The molecule has 8 heteroatoms. The number of aryl methyl sites for hydroxylation is 1. The summed E-state index contributed by atoms with van der Waals surface area (Å²) in [6.45, 7) is 3.22. The SMILES string of the molecule is COC(=O)c1ccc(Cl)c(Nc2cc(C(=O)N3CCCCC3)nc(C)n2)c1. The van der Waals surface area contributed by atoms with Gasteiger partial charge in [-0.25, -0.2) is 14.8 Å². The van der Waals surface area contributed by atoms with Gasteiger partial charge in [-0.2, -0.15) is 0 Å². The molecule has 0 atom stereocenters. The number of amides is 1. The zero-order valence-corrected chi connectivity index (χ0v) is 16.0. The average molecular weight is 389 g/mol. The molecule has 1 aliphatic heterocycles. The van der Waals surface area contributed by atoms with E-state index in [9.17, 15) is 9.59 Å². The minimum absolute atomic E-state index is 0.0994. The topological polar surface area (TPSA) is 84.4 Å². The van der Waals surface area contributed by atoms with Gasteiger partial charge in [0.2, 0.25) is 0 Å². The van der Waals surface area contributed by atoms with Crippen LogP contribution in [0.3, 0.4) is 0 Å². The molecule has 0 radical (unpaired) electrons. The highest BCUT2D eigenvalue weighted by Gasteiger charge is 2.20. The summed E-state index contributed by atoms with van der Waals surface area (Å²) < 4.78 is 4.73. The molecule has 0 spiro atoms. The van der Waals surface area contributed by atoms with Crippen LogP contribution in [-0.2, 0) is 4.74 Å². The van der Waals surface area contributed by atoms with Crippen molar-refractivity contribution in [2.24, 2.45) is 0 Å². The highest BCUT2D eigenvalue weighted by molar-refractivity contribution is 6.33. The smallest absolute Gasteiger partial charge is 0.337 e. The molecule has 2 aromatic rings. The van der Waals surface area contributed by atoms with Gasteiger partial charge in [0.15, 0.2) is 0 Å². The molecule has 0 unspecified atom stereocenters. The van der Waals surface area contributed by atoms with Crippen LogP contribution >= 0.6 is 11.6 Å². The first-order valence-electron chi connectivity index (χ1n) is 8.78. The number of carbonyl (C=O) groups excluding carboxylic acids is 2. The third-order valence-corrected chi connectivity index (χ3v) is 4.68. The number of hydrogen-bond donors (Lipinski definition) is 1. The predicted molar refractivity (Wildman–Crippen MR) is 103 cm³/mol. The Morgan fingerprint density at radius 2 is 1.89 bits per heavy atom. The third kappa shape index (κ3) is 4.54. The van der Waals surface area contributed by atoms with Gasteiger partial charge >= 0.3 is 5.97 Å². The summed E-state index contributed by atoms with van der Waals surface area (Å²) in [7, 11) is 1.32. The minimum Gasteiger partial charge on any atom is -0.465 e. The van der Waals surface area contributed by atoms with Gasteiger partial charge in [0.05, 0.1) is 23.4 Å². The van der Waals surface area contributed by atoms with Crippen LogP contribution < -0.4 is 5.32 Å². The number of likely N-dealkylation sites (tertiary alicyclic amines) is 1. The Bertz CT molecular complexity index is 866. The van der Waals surface area contributed by atoms with Crippen molar-refractivity contribution < 1.29 is 14.3 Å². The van der Waals surface area contributed by atoms with Crippen molar-refractivity contribution in [3.05, 3.63) is 46.4 Å². The largest absolute Gasteiger partial charge is 0.465 e. The third-order valence-electron chi connectivity index (χ3n) is 4.35. The van der Waals surface area contributed by atoms with Gasteiger partial charge in [-0.15, -0.1) is 0 Å². The number of rotatable bonds is 4. The van der Waals surface area contributed by atoms with Crippen LogP contribution in [0.2, 0.25) is 5.02 Å². The van der Waals surface area contributed by atoms with E-state index in [1.54, 1.807) is 31.2 Å². The summed E-state index contributed by atoms with van der Waals surface area (Å²) in [5.41, 5.74) is 1.20. The second-order valence-corrected chi connectivity index (χ2v) is 6.76. The van der Waals surface area contributed by atoms with Gasteiger partial charge in [-0.3, -0.25) is 4.79 Å². The number of hydrogen-bond acceptors (Lipinski definition) is 6. The minimum atomic E-state index is -0.463. The molecule has 7 nitrogen and oxygen atoms in total. The van der Waals surface area contributed by atoms with E-state index in [0.717, 1.165) is 32.4 Å². The first kappa shape index (κ1) is 19.1. The number of anilines is 2. The van der Waals surface area contributed by atoms with E-state index in [0.29, 0.717) is 33.6 Å². The van der Waals surface area contributed by atoms with E-state index in [-0.39, 0.29) is 5.91 Å². The highest BCUT2D eigenvalue weighted by atomic mass is 35.5. The maximum absolute atomic E-state index is 12.7. The van der Waals surface area contributed by atoms with Crippen LogP contribution in [-0.4, -0.2) is 46.9 Å². The summed E-state index contributed by atoms with van der Waals surface area (Å²) in [4.78, 5) is 34.9. The molecular formula is C19H21ClN4O3. The van der Waals surface area contributed by atoms with E-state index < -0.39 is 5.97 Å². The van der Waals surface area contributed by atoms with Crippen molar-refractivity contribution in [3.63, 3.8) is 0 Å². The zero-order valence-electron chi connectivity index (χ0n) is 15.3. The van der Waals surface area contributed by atoms with Gasteiger partial charge in [0, 0.05) is 19.2 Å². The summed E-state index contributed by atoms with van der Waals surface area (Å²) >= 11 is 6.22. The quantitative estimate of drug-likeness (QED) is 0.805. The summed E-state index contributed by atoms with van der Waals surface area (Å²) in [5.74, 6) is 0.347. The lowest BCUT2D eigenvalue weighted by atomic mass is 10.1. The van der Waals surface area contributed by atoms with E-state index in [1.807, 2.05) is 4.90 Å². The Kier molecular flexibility index (Phi) is 5.91. The fourth-order valence-electron chi connectivity index (χ4n) is 3.00. The normalized spacial score (nSPS) is 14.0. The number of piperidine rings is 1. The second kappa shape index (κ2) is 8.35. The zero-order chi connectivity index (χ0) is 19.4. The van der Waals surface area contributed by atoms with Crippen LogP contribution in [0.1, 0.15) is 45.9 Å². The lowest BCUT2D eigenvalue weighted by Crippen LogP contribution is -2.36. The van der Waals surface area contributed by atoms with Crippen LogP contribution in [0, 0.1) is 6.92 Å². The lowest BCUT2D eigenvalue weighted by molar-refractivity contribution is 0.0600. The Balaban J connectivity index is 1.86. The summed E-state index contributed by atoms with van der Waals surface area (Å²) in [6.07, 6.45) is 3.17. The number of carbonyl (C=O) groups is 2. The van der Waals surface area contributed by atoms with Gasteiger partial charge in [0.1, 0.15) is 17.3 Å². The van der Waals surface area contributed by atoms with Gasteiger partial charge < -0.3 is 15.0 Å². The van der Waals surface area contributed by atoms with E-state index in [4.69, 9.17) is 16.3 Å². The molecule has 1 fully saturated rings. The molecule has 0 aliphatic carbocycles. The molecule has 0 bridgehead atoms. The monoisotopic (exact) mass is 388 g/mol. The van der Waals surface area contributed by atoms with Gasteiger partial charge in [-0.1, -0.05) is 11.6 Å². The molecular weight excluding hydrogens is 368 g/mol. The van der Waals surface area contributed by atoms with Crippen molar-refractivity contribution in [1.29, 1.82) is 0 Å². The lowest BCUT2D eigenvalue weighted by Gasteiger charge is -2.26. The van der Waals surface area contributed by atoms with Crippen molar-refractivity contribution in [3.8, 4) is 0 Å². The van der Waals surface area contributed by atoms with Crippen molar-refractivity contribution in [2.45, 2.75) is 26.2 Å². The number of halogens is 1. The standard InChI is InChI=1S/C19H21ClN4O3/c1-12-21-16(18(25)24-8-4-3-5-9-24)11-17(22-12)23-15-10-13(19(26)27-2)6-7-14(15)20/h6-7,10-11H,3-5,8-9H2,1-2H3,(H,21,22,23). The van der Waals surface area contributed by atoms with Crippen molar-refractivity contribution >= 4 is 35.0 Å². The van der Waals surface area contributed by atoms with Crippen LogP contribution in [0.15, 0.2) is 24.3 Å². The number of nitrogens with one attached hydrogen (secondary N) is 1. The van der Waals surface area contributed by atoms with E-state index in [1.165, 1.54) is 7.11 Å². The van der Waals surface area contributed by atoms with Crippen LogP contribution in [0.25, 0.3) is 0 Å². The molecule has 1 aromatic heterocycles. The highest BCUT2D eigenvalue weighted by Crippen LogP contribution is 2.27. The molecule has 1 saturated heterocycles. The van der Waals surface area contributed by atoms with Crippen molar-refractivity contribution in [2.75, 3.05) is 25.5 Å². The fourth-order valence-corrected chi connectivity index (χ4v) is 3.17. The Hall–Kier alpha value is -2.67. The fraction of sp³-hybridized carbons (Fsp3) is 0.368. The second-order valence-electron chi connectivity index (χ2n) is 6.35. The molecule has 27 heavy (non-hydrogen) atoms. The first-order valence-corrected chi connectivity index (χ1v) is 9.15. The molecule has 0 saturated carbocycles. The van der Waals surface area contributed by atoms with E-state index in [2.05, 4.69) is 15.3 Å². The van der Waals surface area contributed by atoms with Crippen molar-refractivity contribution in [1.82, 2.24) is 14.9 Å². The maximum Gasteiger partial charge on any atom is 0.337 e. The Morgan fingerprint density at radius 3 is 2.59 bits per heavy atom. The van der Waals surface area contributed by atoms with Gasteiger partial charge in [-0.05, 0) is 44.4 Å². The molecule has 142 valence electrons. The number of methoxy groups -OCH3 is 1. The molecule has 2 heterocycles. The van der Waals surface area contributed by atoms with Crippen LogP contribution in [0.5, 0.6) is 0 Å². The molecule has 1 aromatic carbocycles.